The van der Waals surface area contributed by atoms with Gasteiger partial charge in [-0.2, -0.15) is 5.10 Å². The highest BCUT2D eigenvalue weighted by Crippen LogP contribution is 2.12. The van der Waals surface area contributed by atoms with E-state index in [0.717, 1.165) is 11.3 Å². The van der Waals surface area contributed by atoms with Crippen LogP contribution in [-0.4, -0.2) is 25.9 Å². The topological polar surface area (TPSA) is 74.0 Å². The normalized spacial score (nSPS) is 10.7. The van der Waals surface area contributed by atoms with Crippen molar-refractivity contribution in [3.63, 3.8) is 0 Å². The lowest BCUT2D eigenvalue weighted by molar-refractivity contribution is 0.0965. The number of rotatable bonds is 6. The Labute approximate surface area is 150 Å². The van der Waals surface area contributed by atoms with E-state index in [2.05, 4.69) is 5.10 Å². The van der Waals surface area contributed by atoms with Gasteiger partial charge in [-0.05, 0) is 25.5 Å². The van der Waals surface area contributed by atoms with E-state index >= 15 is 0 Å². The van der Waals surface area contributed by atoms with E-state index in [9.17, 15) is 14.4 Å². The monoisotopic (exact) mass is 349 g/mol. The van der Waals surface area contributed by atoms with Gasteiger partial charge in [-0.15, -0.1) is 0 Å². The van der Waals surface area contributed by atoms with Crippen molar-refractivity contribution in [3.8, 4) is 0 Å². The van der Waals surface area contributed by atoms with Gasteiger partial charge in [0, 0.05) is 23.5 Å². The summed E-state index contributed by atoms with van der Waals surface area (Å²) in [5.74, 6) is -0.373. The quantitative estimate of drug-likeness (QED) is 0.641. The van der Waals surface area contributed by atoms with Crippen LogP contribution >= 0.6 is 0 Å². The van der Waals surface area contributed by atoms with E-state index in [1.165, 1.54) is 36.0 Å². The summed E-state index contributed by atoms with van der Waals surface area (Å²) in [6, 6.07) is 12.6. The van der Waals surface area contributed by atoms with E-state index in [-0.39, 0.29) is 23.7 Å². The van der Waals surface area contributed by atoms with Crippen molar-refractivity contribution >= 4 is 11.6 Å². The zero-order valence-corrected chi connectivity index (χ0v) is 14.7. The van der Waals surface area contributed by atoms with Gasteiger partial charge in [0.15, 0.2) is 11.6 Å². The molecule has 0 fully saturated rings. The Morgan fingerprint density at radius 2 is 1.81 bits per heavy atom. The molecule has 0 bridgehead atoms. The molecule has 26 heavy (non-hydrogen) atoms. The fourth-order valence-corrected chi connectivity index (χ4v) is 2.74. The molecule has 3 aromatic rings. The molecule has 0 aliphatic carbocycles. The Balaban J connectivity index is 1.82. The van der Waals surface area contributed by atoms with Gasteiger partial charge in [0.2, 0.25) is 0 Å². The molecule has 0 amide bonds. The highest BCUT2D eigenvalue weighted by molar-refractivity contribution is 5.97. The van der Waals surface area contributed by atoms with Gasteiger partial charge in [0.25, 0.3) is 5.56 Å². The molecular formula is C20H19N3O3. The van der Waals surface area contributed by atoms with Crippen molar-refractivity contribution < 1.29 is 9.59 Å². The van der Waals surface area contributed by atoms with E-state index in [1.807, 2.05) is 37.3 Å². The molecule has 0 spiro atoms. The lowest BCUT2D eigenvalue weighted by Crippen LogP contribution is -2.24. The minimum absolute atomic E-state index is 0.127. The van der Waals surface area contributed by atoms with Gasteiger partial charge in [-0.1, -0.05) is 30.3 Å². The van der Waals surface area contributed by atoms with Crippen LogP contribution in [-0.2, 0) is 13.1 Å². The molecular weight excluding hydrogens is 330 g/mol. The highest BCUT2D eigenvalue weighted by atomic mass is 16.1. The third-order valence-electron chi connectivity index (χ3n) is 4.28. The molecule has 0 aliphatic heterocycles. The van der Waals surface area contributed by atoms with Crippen LogP contribution in [0.3, 0.4) is 0 Å². The fourth-order valence-electron chi connectivity index (χ4n) is 2.74. The number of benzene rings is 1. The molecule has 6 heteroatoms. The summed E-state index contributed by atoms with van der Waals surface area (Å²) in [4.78, 5) is 36.1. The number of nitrogens with zero attached hydrogens (tertiary/aromatic N) is 3. The highest BCUT2D eigenvalue weighted by Gasteiger charge is 2.16. The van der Waals surface area contributed by atoms with Crippen molar-refractivity contribution in [1.29, 1.82) is 0 Å². The van der Waals surface area contributed by atoms with Crippen LogP contribution in [0.1, 0.15) is 38.9 Å². The standard InChI is InChI=1S/C20H19N3O3/c1-14-18(10-21-23(14)11-16-6-4-3-5-7-16)19(25)13-22-12-17(15(2)24)8-9-20(22)26/h3-10,12H,11,13H2,1-2H3. The summed E-state index contributed by atoms with van der Waals surface area (Å²) in [5.41, 5.74) is 2.38. The number of carbonyl (C=O) groups excluding carboxylic acids is 2. The van der Waals surface area contributed by atoms with E-state index in [4.69, 9.17) is 0 Å². The summed E-state index contributed by atoms with van der Waals surface area (Å²) in [7, 11) is 0. The largest absolute Gasteiger partial charge is 0.307 e. The van der Waals surface area contributed by atoms with Gasteiger partial charge in [-0.25, -0.2) is 0 Å². The summed E-state index contributed by atoms with van der Waals surface area (Å²) in [5, 5.41) is 4.30. The third kappa shape index (κ3) is 3.69. The maximum atomic E-state index is 12.6. The molecule has 3 rings (SSSR count). The number of Topliss-reactive ketones (excluding diaryl/α,β-unsaturated/α-hetero) is 2. The second kappa shape index (κ2) is 7.31. The Morgan fingerprint density at radius 1 is 1.08 bits per heavy atom. The first-order valence-electron chi connectivity index (χ1n) is 8.26. The van der Waals surface area contributed by atoms with Crippen molar-refractivity contribution in [1.82, 2.24) is 14.3 Å². The van der Waals surface area contributed by atoms with Gasteiger partial charge < -0.3 is 4.57 Å². The summed E-state index contributed by atoms with van der Waals surface area (Å²) in [6.07, 6.45) is 2.95. The lowest BCUT2D eigenvalue weighted by atomic mass is 10.1. The number of hydrogen-bond acceptors (Lipinski definition) is 4. The predicted molar refractivity (Wildman–Crippen MR) is 97.5 cm³/mol. The summed E-state index contributed by atoms with van der Waals surface area (Å²) >= 11 is 0. The van der Waals surface area contributed by atoms with Gasteiger partial charge >= 0.3 is 0 Å². The predicted octanol–water partition coefficient (Wildman–Crippen LogP) is 2.49. The average Bonchev–Trinajstić information content (AvgIpc) is 2.98. The van der Waals surface area contributed by atoms with Crippen molar-refractivity contribution in [2.45, 2.75) is 26.9 Å². The molecule has 132 valence electrons. The van der Waals surface area contributed by atoms with Crippen molar-refractivity contribution in [3.05, 3.63) is 87.6 Å². The molecule has 0 saturated carbocycles. The van der Waals surface area contributed by atoms with Crippen LogP contribution in [0.5, 0.6) is 0 Å². The van der Waals surface area contributed by atoms with Crippen LogP contribution in [0, 0.1) is 6.92 Å². The van der Waals surface area contributed by atoms with Crippen LogP contribution < -0.4 is 5.56 Å². The summed E-state index contributed by atoms with van der Waals surface area (Å²) in [6.45, 7) is 3.69. The number of pyridine rings is 1. The maximum Gasteiger partial charge on any atom is 0.250 e. The first-order valence-corrected chi connectivity index (χ1v) is 8.26. The Bertz CT molecular complexity index is 1020. The molecule has 0 aliphatic rings. The van der Waals surface area contributed by atoms with E-state index in [1.54, 1.807) is 4.68 Å². The zero-order chi connectivity index (χ0) is 18.7. The minimum Gasteiger partial charge on any atom is -0.307 e. The number of aromatic nitrogens is 3. The second-order valence-corrected chi connectivity index (χ2v) is 6.15. The SMILES string of the molecule is CC(=O)c1ccc(=O)n(CC(=O)c2cnn(Cc3ccccc3)c2C)c1. The number of hydrogen-bond donors (Lipinski definition) is 0. The zero-order valence-electron chi connectivity index (χ0n) is 14.7. The molecule has 6 nitrogen and oxygen atoms in total. The molecule has 0 saturated heterocycles. The Morgan fingerprint density at radius 3 is 2.50 bits per heavy atom. The molecule has 2 aromatic heterocycles. The molecule has 0 unspecified atom stereocenters. The van der Waals surface area contributed by atoms with Gasteiger partial charge in [0.05, 0.1) is 24.8 Å². The summed E-state index contributed by atoms with van der Waals surface area (Å²) < 4.78 is 3.02. The lowest BCUT2D eigenvalue weighted by Gasteiger charge is -2.07. The van der Waals surface area contributed by atoms with Gasteiger partial charge in [0.1, 0.15) is 0 Å². The fraction of sp³-hybridized carbons (Fsp3) is 0.200. The van der Waals surface area contributed by atoms with Crippen molar-refractivity contribution in [2.75, 3.05) is 0 Å². The number of ketones is 2. The molecule has 0 atom stereocenters. The van der Waals surface area contributed by atoms with Crippen LogP contribution in [0.25, 0.3) is 0 Å². The Kier molecular flexibility index (Phi) is 4.93. The minimum atomic E-state index is -0.322. The first-order chi connectivity index (χ1) is 12.5. The number of carbonyl (C=O) groups is 2. The average molecular weight is 349 g/mol. The van der Waals surface area contributed by atoms with Crippen LogP contribution in [0.2, 0.25) is 0 Å². The van der Waals surface area contributed by atoms with Crippen LogP contribution in [0.4, 0.5) is 0 Å². The molecule has 0 radical (unpaired) electrons. The second-order valence-electron chi connectivity index (χ2n) is 6.15. The Hall–Kier alpha value is -3.28. The van der Waals surface area contributed by atoms with E-state index in [0.29, 0.717) is 17.7 Å². The molecule has 2 heterocycles. The molecule has 1 aromatic carbocycles. The van der Waals surface area contributed by atoms with Gasteiger partial charge in [-0.3, -0.25) is 19.1 Å². The van der Waals surface area contributed by atoms with E-state index < -0.39 is 0 Å². The third-order valence-corrected chi connectivity index (χ3v) is 4.28. The first kappa shape index (κ1) is 17.5. The smallest absolute Gasteiger partial charge is 0.250 e. The maximum absolute atomic E-state index is 12.6. The van der Waals surface area contributed by atoms with Crippen LogP contribution in [0.15, 0.2) is 59.7 Å². The molecule has 0 N–H and O–H groups in total. The van der Waals surface area contributed by atoms with Crippen molar-refractivity contribution in [2.24, 2.45) is 0 Å².